The van der Waals surface area contributed by atoms with Crippen LogP contribution in [0.3, 0.4) is 0 Å². The van der Waals surface area contributed by atoms with Gasteiger partial charge in [-0.05, 0) is 46.5 Å². The summed E-state index contributed by atoms with van der Waals surface area (Å²) in [7, 11) is 0. The quantitative estimate of drug-likeness (QED) is 0.210. The Morgan fingerprint density at radius 2 is 1.19 bits per heavy atom. The SMILES string of the molecule is O=C(C=C(C(F)(F)F)C(F)(F)F)N(CC=C(c1ccc(Cl)cc1)c1ccc(Cl)cc1)Cc1ccccc1. The maximum absolute atomic E-state index is 13.1. The minimum absolute atomic E-state index is 0.218. The Bertz CT molecular complexity index is 1200. The van der Waals surface area contributed by atoms with E-state index in [0.29, 0.717) is 32.3 Å². The van der Waals surface area contributed by atoms with E-state index < -0.39 is 29.9 Å². The number of amides is 1. The predicted octanol–water partition coefficient (Wildman–Crippen LogP) is 8.50. The van der Waals surface area contributed by atoms with Crippen LogP contribution in [0.2, 0.25) is 10.0 Å². The van der Waals surface area contributed by atoms with Gasteiger partial charge in [0.25, 0.3) is 0 Å². The van der Waals surface area contributed by atoms with Crippen LogP contribution in [0.1, 0.15) is 16.7 Å². The van der Waals surface area contributed by atoms with Crippen LogP contribution < -0.4 is 0 Å². The highest BCUT2D eigenvalue weighted by atomic mass is 35.5. The number of nitrogens with zero attached hydrogens (tertiary/aromatic N) is 1. The summed E-state index contributed by atoms with van der Waals surface area (Å²) >= 11 is 12.0. The van der Waals surface area contributed by atoms with Crippen LogP contribution in [0, 0.1) is 0 Å². The number of alkyl halides is 6. The molecule has 3 rings (SSSR count). The average Bonchev–Trinajstić information content (AvgIpc) is 2.83. The lowest BCUT2D eigenvalue weighted by atomic mass is 9.97. The van der Waals surface area contributed by atoms with Crippen LogP contribution in [-0.4, -0.2) is 29.7 Å². The molecule has 0 aromatic heterocycles. The number of hydrogen-bond acceptors (Lipinski definition) is 1. The molecular formula is C27H19Cl2F6NO. The van der Waals surface area contributed by atoms with Crippen molar-refractivity contribution in [3.8, 4) is 0 Å². The van der Waals surface area contributed by atoms with E-state index in [2.05, 4.69) is 0 Å². The molecule has 0 spiro atoms. The minimum Gasteiger partial charge on any atom is -0.331 e. The largest absolute Gasteiger partial charge is 0.421 e. The Hall–Kier alpha value is -3.23. The van der Waals surface area contributed by atoms with E-state index in [0.717, 1.165) is 4.90 Å². The lowest BCUT2D eigenvalue weighted by Gasteiger charge is -2.22. The zero-order valence-corrected chi connectivity index (χ0v) is 20.5. The zero-order chi connectivity index (χ0) is 27.2. The fourth-order valence-corrected chi connectivity index (χ4v) is 3.69. The smallest absolute Gasteiger partial charge is 0.331 e. The van der Waals surface area contributed by atoms with Crippen LogP contribution in [0.25, 0.3) is 5.57 Å². The van der Waals surface area contributed by atoms with Gasteiger partial charge in [-0.25, -0.2) is 0 Å². The molecule has 10 heteroatoms. The van der Waals surface area contributed by atoms with Gasteiger partial charge in [0.2, 0.25) is 5.91 Å². The van der Waals surface area contributed by atoms with E-state index in [-0.39, 0.29) is 13.1 Å². The Kier molecular flexibility index (Phi) is 9.10. The molecule has 0 saturated heterocycles. The molecule has 3 aromatic carbocycles. The molecule has 1 amide bonds. The van der Waals surface area contributed by atoms with Gasteiger partial charge in [0.1, 0.15) is 5.57 Å². The molecular weight excluding hydrogens is 539 g/mol. The predicted molar refractivity (Wildman–Crippen MR) is 132 cm³/mol. The number of allylic oxidation sites excluding steroid dienone is 1. The normalized spacial score (nSPS) is 11.6. The first-order chi connectivity index (χ1) is 17.3. The average molecular weight is 558 g/mol. The summed E-state index contributed by atoms with van der Waals surface area (Å²) in [6, 6.07) is 21.6. The van der Waals surface area contributed by atoms with Crippen molar-refractivity contribution in [1.82, 2.24) is 4.90 Å². The van der Waals surface area contributed by atoms with Crippen molar-refractivity contribution in [2.24, 2.45) is 0 Å². The topological polar surface area (TPSA) is 20.3 Å². The lowest BCUT2D eigenvalue weighted by molar-refractivity contribution is -0.173. The number of benzene rings is 3. The van der Waals surface area contributed by atoms with Crippen LogP contribution >= 0.6 is 23.2 Å². The van der Waals surface area contributed by atoms with Crippen molar-refractivity contribution in [2.45, 2.75) is 18.9 Å². The molecule has 0 aliphatic heterocycles. The van der Waals surface area contributed by atoms with E-state index in [1.807, 2.05) is 0 Å². The summed E-state index contributed by atoms with van der Waals surface area (Å²) in [5.41, 5.74) is -0.434. The summed E-state index contributed by atoms with van der Waals surface area (Å²) in [5, 5.41) is 0.939. The van der Waals surface area contributed by atoms with Crippen molar-refractivity contribution in [3.63, 3.8) is 0 Å². The van der Waals surface area contributed by atoms with Gasteiger partial charge in [-0.15, -0.1) is 0 Å². The molecule has 0 N–H and O–H groups in total. The van der Waals surface area contributed by atoms with Crippen molar-refractivity contribution >= 4 is 34.7 Å². The third kappa shape index (κ3) is 8.13. The first-order valence-electron chi connectivity index (χ1n) is 10.8. The summed E-state index contributed by atoms with van der Waals surface area (Å²) in [6.07, 6.45) is -10.3. The Labute approximate surface area is 219 Å². The maximum atomic E-state index is 13.1. The van der Waals surface area contributed by atoms with Gasteiger partial charge >= 0.3 is 12.4 Å². The van der Waals surface area contributed by atoms with Crippen molar-refractivity contribution in [1.29, 1.82) is 0 Å². The summed E-state index contributed by atoms with van der Waals surface area (Å²) in [5.74, 6) is -1.43. The Morgan fingerprint density at radius 1 is 0.730 bits per heavy atom. The van der Waals surface area contributed by atoms with E-state index in [1.165, 1.54) is 0 Å². The van der Waals surface area contributed by atoms with E-state index in [9.17, 15) is 31.1 Å². The molecule has 0 saturated carbocycles. The molecule has 0 aliphatic rings. The van der Waals surface area contributed by atoms with Gasteiger partial charge in [-0.2, -0.15) is 26.3 Å². The second kappa shape index (κ2) is 11.9. The van der Waals surface area contributed by atoms with Gasteiger partial charge in [-0.3, -0.25) is 4.79 Å². The van der Waals surface area contributed by atoms with Crippen molar-refractivity contribution in [3.05, 3.63) is 123 Å². The minimum atomic E-state index is -5.75. The van der Waals surface area contributed by atoms with Gasteiger partial charge < -0.3 is 4.90 Å². The molecule has 37 heavy (non-hydrogen) atoms. The third-order valence-electron chi connectivity index (χ3n) is 5.23. The number of carbonyl (C=O) groups excluding carboxylic acids is 1. The molecule has 194 valence electrons. The Balaban J connectivity index is 2.05. The second-order valence-electron chi connectivity index (χ2n) is 7.89. The maximum Gasteiger partial charge on any atom is 0.421 e. The van der Waals surface area contributed by atoms with Gasteiger partial charge in [0.15, 0.2) is 0 Å². The number of hydrogen-bond donors (Lipinski definition) is 0. The zero-order valence-electron chi connectivity index (χ0n) is 19.0. The molecule has 3 aromatic rings. The first kappa shape index (κ1) is 28.3. The summed E-state index contributed by atoms with van der Waals surface area (Å²) < 4.78 is 78.6. The van der Waals surface area contributed by atoms with Crippen LogP contribution in [-0.2, 0) is 11.3 Å². The summed E-state index contributed by atoms with van der Waals surface area (Å²) in [6.45, 7) is -0.502. The fourth-order valence-electron chi connectivity index (χ4n) is 3.44. The number of halogens is 8. The van der Waals surface area contributed by atoms with Crippen molar-refractivity contribution < 1.29 is 31.1 Å². The van der Waals surface area contributed by atoms with Crippen LogP contribution in [0.15, 0.2) is 96.6 Å². The first-order valence-corrected chi connectivity index (χ1v) is 11.5. The molecule has 0 fully saturated rings. The molecule has 0 atom stereocenters. The molecule has 0 heterocycles. The van der Waals surface area contributed by atoms with E-state index in [1.54, 1.807) is 84.9 Å². The number of rotatable bonds is 7. The van der Waals surface area contributed by atoms with Crippen molar-refractivity contribution in [2.75, 3.05) is 6.54 Å². The second-order valence-corrected chi connectivity index (χ2v) is 8.76. The molecule has 0 aliphatic carbocycles. The molecule has 2 nitrogen and oxygen atoms in total. The number of carbonyl (C=O) groups is 1. The molecule has 0 unspecified atom stereocenters. The van der Waals surface area contributed by atoms with Gasteiger partial charge in [0, 0.05) is 29.2 Å². The standard InChI is InChI=1S/C27H19Cl2F6NO/c28-21-10-6-19(7-11-21)23(20-8-12-22(29)13-9-20)14-15-36(17-18-4-2-1-3-5-18)25(37)16-24(26(30,31)32)27(33,34)35/h1-14,16H,15,17H2. The van der Waals surface area contributed by atoms with E-state index >= 15 is 0 Å². The molecule has 0 bridgehead atoms. The lowest BCUT2D eigenvalue weighted by Crippen LogP contribution is -2.33. The van der Waals surface area contributed by atoms with Crippen LogP contribution in [0.5, 0.6) is 0 Å². The monoisotopic (exact) mass is 557 g/mol. The van der Waals surface area contributed by atoms with Gasteiger partial charge in [0.05, 0.1) is 0 Å². The third-order valence-corrected chi connectivity index (χ3v) is 5.74. The Morgan fingerprint density at radius 3 is 1.62 bits per heavy atom. The van der Waals surface area contributed by atoms with Gasteiger partial charge in [-0.1, -0.05) is 83.9 Å². The highest BCUT2D eigenvalue weighted by Gasteiger charge is 2.51. The van der Waals surface area contributed by atoms with Crippen LogP contribution in [0.4, 0.5) is 26.3 Å². The molecule has 0 radical (unpaired) electrons. The fraction of sp³-hybridized carbons (Fsp3) is 0.148. The highest BCUT2D eigenvalue weighted by Crippen LogP contribution is 2.38. The summed E-state index contributed by atoms with van der Waals surface area (Å²) in [4.78, 5) is 13.7. The van der Waals surface area contributed by atoms with E-state index in [4.69, 9.17) is 23.2 Å². The highest BCUT2D eigenvalue weighted by molar-refractivity contribution is 6.31.